The second kappa shape index (κ2) is 4.96. The number of hydrogen-bond donors (Lipinski definition) is 1. The summed E-state index contributed by atoms with van der Waals surface area (Å²) in [6.45, 7) is 0. The van der Waals surface area contributed by atoms with E-state index < -0.39 is 0 Å². The number of imidazole rings is 1. The molecule has 3 heterocycles. The van der Waals surface area contributed by atoms with Crippen LogP contribution in [-0.4, -0.2) is 20.3 Å². The summed E-state index contributed by atoms with van der Waals surface area (Å²) in [5, 5.41) is 3.87. The lowest BCUT2D eigenvalue weighted by Gasteiger charge is -2.06. The Labute approximate surface area is 126 Å². The molecule has 0 atom stereocenters. The molecule has 5 heteroatoms. The number of para-hydroxylation sites is 1. The van der Waals surface area contributed by atoms with Gasteiger partial charge in [-0.3, -0.25) is 9.78 Å². The first-order valence-electron chi connectivity index (χ1n) is 6.90. The van der Waals surface area contributed by atoms with E-state index in [0.717, 1.165) is 16.6 Å². The van der Waals surface area contributed by atoms with Crippen molar-refractivity contribution in [3.63, 3.8) is 0 Å². The molecule has 4 rings (SSSR count). The van der Waals surface area contributed by atoms with Gasteiger partial charge in [0.1, 0.15) is 11.3 Å². The van der Waals surface area contributed by atoms with Crippen molar-refractivity contribution in [3.05, 3.63) is 72.8 Å². The molecule has 0 spiro atoms. The van der Waals surface area contributed by atoms with E-state index in [1.807, 2.05) is 59.1 Å². The van der Waals surface area contributed by atoms with Gasteiger partial charge in [0.25, 0.3) is 5.91 Å². The van der Waals surface area contributed by atoms with Crippen LogP contribution in [0.25, 0.3) is 16.6 Å². The number of benzene rings is 1. The first-order chi connectivity index (χ1) is 10.8. The van der Waals surface area contributed by atoms with Gasteiger partial charge in [0.2, 0.25) is 0 Å². The van der Waals surface area contributed by atoms with E-state index in [9.17, 15) is 4.79 Å². The number of amides is 1. The van der Waals surface area contributed by atoms with E-state index in [4.69, 9.17) is 0 Å². The topological polar surface area (TPSA) is 59.3 Å². The van der Waals surface area contributed by atoms with Crippen LogP contribution in [0.3, 0.4) is 0 Å². The molecule has 5 nitrogen and oxygen atoms in total. The van der Waals surface area contributed by atoms with Crippen LogP contribution in [0.2, 0.25) is 0 Å². The summed E-state index contributed by atoms with van der Waals surface area (Å²) in [5.74, 6) is -0.248. The average molecular weight is 288 g/mol. The number of aromatic nitrogens is 3. The molecule has 4 aromatic rings. The van der Waals surface area contributed by atoms with Crippen molar-refractivity contribution in [1.82, 2.24) is 14.4 Å². The van der Waals surface area contributed by atoms with E-state index in [2.05, 4.69) is 15.3 Å². The van der Waals surface area contributed by atoms with Crippen molar-refractivity contribution < 1.29 is 4.79 Å². The minimum atomic E-state index is -0.248. The fourth-order valence-electron chi connectivity index (χ4n) is 2.44. The van der Waals surface area contributed by atoms with Gasteiger partial charge in [-0.15, -0.1) is 0 Å². The van der Waals surface area contributed by atoms with Gasteiger partial charge < -0.3 is 9.72 Å². The maximum absolute atomic E-state index is 12.4. The molecule has 0 aliphatic rings. The highest BCUT2D eigenvalue weighted by Crippen LogP contribution is 2.21. The van der Waals surface area contributed by atoms with Gasteiger partial charge in [0.15, 0.2) is 0 Å². The highest BCUT2D eigenvalue weighted by Gasteiger charge is 2.12. The second-order valence-electron chi connectivity index (χ2n) is 4.93. The van der Waals surface area contributed by atoms with Gasteiger partial charge in [-0.05, 0) is 24.3 Å². The van der Waals surface area contributed by atoms with Crippen molar-refractivity contribution >= 4 is 28.1 Å². The standard InChI is InChI=1S/C17H12N4O/c22-17(14-11-21-10-2-1-8-15(21)19-14)20-13-7-3-5-12-6-4-9-18-16(12)13/h1-11H,(H,20,22). The Kier molecular flexibility index (Phi) is 2.83. The third-order valence-electron chi connectivity index (χ3n) is 3.48. The Morgan fingerprint density at radius 3 is 2.86 bits per heavy atom. The number of carbonyl (C=O) groups excluding carboxylic acids is 1. The largest absolute Gasteiger partial charge is 0.319 e. The van der Waals surface area contributed by atoms with Crippen LogP contribution in [0.1, 0.15) is 10.5 Å². The molecule has 0 aliphatic heterocycles. The number of nitrogens with one attached hydrogen (secondary N) is 1. The third kappa shape index (κ3) is 2.09. The smallest absolute Gasteiger partial charge is 0.275 e. The van der Waals surface area contributed by atoms with Gasteiger partial charge in [-0.25, -0.2) is 4.98 Å². The quantitative estimate of drug-likeness (QED) is 0.616. The zero-order chi connectivity index (χ0) is 14.9. The minimum Gasteiger partial charge on any atom is -0.319 e. The van der Waals surface area contributed by atoms with Crippen LogP contribution in [0.15, 0.2) is 67.1 Å². The highest BCUT2D eigenvalue weighted by atomic mass is 16.1. The molecule has 1 amide bonds. The number of nitrogens with zero attached hydrogens (tertiary/aromatic N) is 3. The van der Waals surface area contributed by atoms with Crippen molar-refractivity contribution in [3.8, 4) is 0 Å². The van der Waals surface area contributed by atoms with Crippen LogP contribution in [0.4, 0.5) is 5.69 Å². The predicted molar refractivity (Wildman–Crippen MR) is 84.9 cm³/mol. The first-order valence-corrected chi connectivity index (χ1v) is 6.90. The monoisotopic (exact) mass is 288 g/mol. The molecule has 0 fully saturated rings. The predicted octanol–water partition coefficient (Wildman–Crippen LogP) is 3.13. The summed E-state index contributed by atoms with van der Waals surface area (Å²) in [4.78, 5) is 21.1. The molecule has 0 unspecified atom stereocenters. The van der Waals surface area contributed by atoms with Crippen molar-refractivity contribution in [2.75, 3.05) is 5.32 Å². The Balaban J connectivity index is 1.71. The molecule has 0 radical (unpaired) electrons. The number of hydrogen-bond acceptors (Lipinski definition) is 3. The normalized spacial score (nSPS) is 10.9. The zero-order valence-corrected chi connectivity index (χ0v) is 11.6. The molecule has 0 saturated carbocycles. The molecular formula is C17H12N4O. The number of anilines is 1. The maximum atomic E-state index is 12.4. The van der Waals surface area contributed by atoms with Crippen LogP contribution >= 0.6 is 0 Å². The van der Waals surface area contributed by atoms with E-state index >= 15 is 0 Å². The maximum Gasteiger partial charge on any atom is 0.275 e. The van der Waals surface area contributed by atoms with E-state index in [1.165, 1.54) is 0 Å². The Hall–Kier alpha value is -3.21. The number of carbonyl (C=O) groups is 1. The Morgan fingerprint density at radius 1 is 1.05 bits per heavy atom. The molecule has 22 heavy (non-hydrogen) atoms. The van der Waals surface area contributed by atoms with Crippen LogP contribution in [0, 0.1) is 0 Å². The highest BCUT2D eigenvalue weighted by molar-refractivity contribution is 6.07. The molecule has 0 aliphatic carbocycles. The summed E-state index contributed by atoms with van der Waals surface area (Å²) in [6.07, 6.45) is 5.28. The Bertz CT molecular complexity index is 952. The molecule has 0 bridgehead atoms. The van der Waals surface area contributed by atoms with Crippen molar-refractivity contribution in [1.29, 1.82) is 0 Å². The molecule has 1 N–H and O–H groups in total. The summed E-state index contributed by atoms with van der Waals surface area (Å²) in [5.41, 5.74) is 2.56. The molecule has 1 aromatic carbocycles. The van der Waals surface area contributed by atoms with Crippen LogP contribution in [-0.2, 0) is 0 Å². The fraction of sp³-hybridized carbons (Fsp3) is 0. The lowest BCUT2D eigenvalue weighted by Crippen LogP contribution is -2.12. The molecule has 106 valence electrons. The fourth-order valence-corrected chi connectivity index (χ4v) is 2.44. The number of rotatable bonds is 2. The SMILES string of the molecule is O=C(Nc1cccc2cccnc12)c1cn2ccccc2n1. The van der Waals surface area contributed by atoms with Gasteiger partial charge in [0.05, 0.1) is 11.2 Å². The van der Waals surface area contributed by atoms with Crippen molar-refractivity contribution in [2.24, 2.45) is 0 Å². The van der Waals surface area contributed by atoms with E-state index in [-0.39, 0.29) is 5.91 Å². The number of pyridine rings is 2. The van der Waals surface area contributed by atoms with Crippen molar-refractivity contribution in [2.45, 2.75) is 0 Å². The summed E-state index contributed by atoms with van der Waals surface area (Å²) in [6, 6.07) is 15.2. The van der Waals surface area contributed by atoms with E-state index in [1.54, 1.807) is 12.4 Å². The van der Waals surface area contributed by atoms with Gasteiger partial charge in [0, 0.05) is 24.0 Å². The average Bonchev–Trinajstić information content (AvgIpc) is 2.99. The minimum absolute atomic E-state index is 0.248. The van der Waals surface area contributed by atoms with Crippen LogP contribution in [0.5, 0.6) is 0 Å². The molecule has 3 aromatic heterocycles. The van der Waals surface area contributed by atoms with Gasteiger partial charge in [-0.2, -0.15) is 0 Å². The zero-order valence-electron chi connectivity index (χ0n) is 11.6. The van der Waals surface area contributed by atoms with Gasteiger partial charge >= 0.3 is 0 Å². The Morgan fingerprint density at radius 2 is 1.95 bits per heavy atom. The second-order valence-corrected chi connectivity index (χ2v) is 4.93. The number of fused-ring (bicyclic) bond motifs is 2. The van der Waals surface area contributed by atoms with Crippen LogP contribution < -0.4 is 5.32 Å². The van der Waals surface area contributed by atoms with E-state index in [0.29, 0.717) is 11.4 Å². The summed E-state index contributed by atoms with van der Waals surface area (Å²) in [7, 11) is 0. The lowest BCUT2D eigenvalue weighted by molar-refractivity contribution is 0.102. The summed E-state index contributed by atoms with van der Waals surface area (Å²) < 4.78 is 1.82. The molecular weight excluding hydrogens is 276 g/mol. The van der Waals surface area contributed by atoms with Gasteiger partial charge in [-0.1, -0.05) is 24.3 Å². The first kappa shape index (κ1) is 12.5. The lowest BCUT2D eigenvalue weighted by atomic mass is 10.2. The summed E-state index contributed by atoms with van der Waals surface area (Å²) >= 11 is 0. The third-order valence-corrected chi connectivity index (χ3v) is 3.48. The molecule has 0 saturated heterocycles.